The van der Waals surface area contributed by atoms with Crippen LogP contribution in [0.3, 0.4) is 0 Å². The fourth-order valence-electron chi connectivity index (χ4n) is 3.46. The fraction of sp³-hybridized carbons (Fsp3) is 0.609. The molecule has 1 aliphatic rings. The molecule has 2 aromatic heterocycles. The minimum atomic E-state index is -0.833. The summed E-state index contributed by atoms with van der Waals surface area (Å²) >= 11 is 0. The summed E-state index contributed by atoms with van der Waals surface area (Å²) < 4.78 is 12.8. The number of carbonyl (C=O) groups is 3. The molecule has 1 saturated heterocycles. The van der Waals surface area contributed by atoms with Gasteiger partial charge in [-0.05, 0) is 37.8 Å². The molecule has 12 nitrogen and oxygen atoms in total. The van der Waals surface area contributed by atoms with Crippen LogP contribution < -0.4 is 5.73 Å². The van der Waals surface area contributed by atoms with E-state index in [0.717, 1.165) is 63.8 Å². The van der Waals surface area contributed by atoms with Gasteiger partial charge in [0.05, 0.1) is 6.10 Å². The molecule has 1 aliphatic heterocycles. The van der Waals surface area contributed by atoms with Crippen molar-refractivity contribution in [1.82, 2.24) is 19.5 Å². The van der Waals surface area contributed by atoms with Gasteiger partial charge in [0.15, 0.2) is 5.82 Å². The molecule has 3 heterocycles. The number of nitrogens with zero attached hydrogens (tertiary/aromatic N) is 4. The van der Waals surface area contributed by atoms with Crippen molar-refractivity contribution in [2.45, 2.75) is 64.9 Å². The predicted molar refractivity (Wildman–Crippen MR) is 129 cm³/mol. The Labute approximate surface area is 205 Å². The van der Waals surface area contributed by atoms with Crippen molar-refractivity contribution in [2.75, 3.05) is 32.5 Å². The van der Waals surface area contributed by atoms with Crippen LogP contribution in [0.25, 0.3) is 5.52 Å². The lowest BCUT2D eigenvalue weighted by atomic mass is 10.1. The largest absolute Gasteiger partial charge is 0.481 e. The van der Waals surface area contributed by atoms with Crippen LogP contribution in [0.5, 0.6) is 0 Å². The van der Waals surface area contributed by atoms with Crippen molar-refractivity contribution in [3.05, 3.63) is 24.2 Å². The zero-order valence-electron chi connectivity index (χ0n) is 20.7. The highest BCUT2D eigenvalue weighted by atomic mass is 16.6. The summed E-state index contributed by atoms with van der Waals surface area (Å²) in [5.74, 6) is -1.21. The van der Waals surface area contributed by atoms with Crippen LogP contribution >= 0.6 is 0 Å². The zero-order valence-corrected chi connectivity index (χ0v) is 20.7. The molecule has 1 unspecified atom stereocenters. The topological polar surface area (TPSA) is 170 Å². The smallest absolute Gasteiger partial charge is 0.409 e. The van der Waals surface area contributed by atoms with Crippen LogP contribution in [0, 0.1) is 0 Å². The minimum absolute atomic E-state index is 0.159. The number of amides is 1. The van der Waals surface area contributed by atoms with Gasteiger partial charge in [0.2, 0.25) is 0 Å². The van der Waals surface area contributed by atoms with Gasteiger partial charge in [0.1, 0.15) is 18.5 Å². The third-order valence-electron chi connectivity index (χ3n) is 5.12. The highest BCUT2D eigenvalue weighted by molar-refractivity contribution is 5.67. The van der Waals surface area contributed by atoms with Crippen molar-refractivity contribution < 1.29 is 34.1 Å². The second-order valence-electron chi connectivity index (χ2n) is 8.03. The van der Waals surface area contributed by atoms with Crippen LogP contribution in [0.1, 0.15) is 58.1 Å². The Bertz CT molecular complexity index is 906. The number of methoxy groups -OCH3 is 1. The molecule has 0 bridgehead atoms. The maximum Gasteiger partial charge on any atom is 0.409 e. The maximum atomic E-state index is 12.3. The summed E-state index contributed by atoms with van der Waals surface area (Å²) in [6.45, 7) is 3.99. The number of aromatic nitrogens is 3. The van der Waals surface area contributed by atoms with E-state index in [-0.39, 0.29) is 18.8 Å². The van der Waals surface area contributed by atoms with E-state index in [1.54, 1.807) is 11.6 Å². The Morgan fingerprint density at radius 3 is 2.20 bits per heavy atom. The summed E-state index contributed by atoms with van der Waals surface area (Å²) in [6, 6.07) is 3.90. The van der Waals surface area contributed by atoms with Gasteiger partial charge in [0.25, 0.3) is 11.9 Å². The number of hydrogen-bond acceptors (Lipinski definition) is 8. The molecule has 1 amide bonds. The molecule has 2 aromatic rings. The van der Waals surface area contributed by atoms with Crippen molar-refractivity contribution >= 4 is 29.4 Å². The number of anilines is 1. The Morgan fingerprint density at radius 2 is 1.63 bits per heavy atom. The van der Waals surface area contributed by atoms with Gasteiger partial charge < -0.3 is 30.3 Å². The standard InChI is InChI=1S/C19H29N5O3.2C2H4O2/c1-26-16(13-27-19(25)23-11-5-3-2-4-6-12-23)9-7-15-8-10-17-18(20)21-14-22-24(15)17;2*1-2(3)4/h8,10,14,16H,2-7,9,11-13H2,1H3,(H2,20,21,22);2*1H3,(H,3,4). The maximum absolute atomic E-state index is 12.3. The number of ether oxygens (including phenoxy) is 2. The summed E-state index contributed by atoms with van der Waals surface area (Å²) in [7, 11) is 1.64. The van der Waals surface area contributed by atoms with E-state index in [2.05, 4.69) is 10.1 Å². The summed E-state index contributed by atoms with van der Waals surface area (Å²) in [5.41, 5.74) is 7.69. The quantitative estimate of drug-likeness (QED) is 0.541. The predicted octanol–water partition coefficient (Wildman–Crippen LogP) is 2.84. The number of nitrogens with two attached hydrogens (primary N) is 1. The average molecular weight is 496 g/mol. The number of carboxylic acid groups (broad SMARTS) is 2. The Balaban J connectivity index is 0.000000668. The van der Waals surface area contributed by atoms with Gasteiger partial charge in [-0.25, -0.2) is 14.3 Å². The van der Waals surface area contributed by atoms with Crippen LogP contribution in [-0.2, 0) is 25.5 Å². The lowest BCUT2D eigenvalue weighted by Crippen LogP contribution is -2.36. The van der Waals surface area contributed by atoms with E-state index in [9.17, 15) is 4.79 Å². The van der Waals surface area contributed by atoms with Crippen molar-refractivity contribution in [2.24, 2.45) is 0 Å². The van der Waals surface area contributed by atoms with Gasteiger partial charge >= 0.3 is 6.09 Å². The molecule has 1 fully saturated rings. The monoisotopic (exact) mass is 495 g/mol. The second-order valence-corrected chi connectivity index (χ2v) is 8.03. The van der Waals surface area contributed by atoms with Crippen molar-refractivity contribution in [3.8, 4) is 0 Å². The van der Waals surface area contributed by atoms with E-state index in [1.165, 1.54) is 25.6 Å². The molecule has 0 aliphatic carbocycles. The number of fused-ring (bicyclic) bond motifs is 1. The van der Waals surface area contributed by atoms with Gasteiger partial charge in [-0.1, -0.05) is 19.3 Å². The van der Waals surface area contributed by atoms with Crippen LogP contribution in [-0.4, -0.2) is 80.7 Å². The number of rotatable bonds is 6. The molecule has 12 heteroatoms. The summed E-state index contributed by atoms with van der Waals surface area (Å²) in [6.07, 6.45) is 8.26. The van der Waals surface area contributed by atoms with Crippen LogP contribution in [0.15, 0.2) is 18.5 Å². The normalized spacial score (nSPS) is 14.3. The third kappa shape index (κ3) is 12.0. The van der Waals surface area contributed by atoms with Crippen LogP contribution in [0.2, 0.25) is 0 Å². The van der Waals surface area contributed by atoms with Gasteiger partial charge in [0, 0.05) is 39.7 Å². The Kier molecular flexibility index (Phi) is 13.8. The highest BCUT2D eigenvalue weighted by Crippen LogP contribution is 2.16. The summed E-state index contributed by atoms with van der Waals surface area (Å²) in [5, 5.41) is 19.1. The van der Waals surface area contributed by atoms with Crippen LogP contribution in [0.4, 0.5) is 10.6 Å². The van der Waals surface area contributed by atoms with E-state index >= 15 is 0 Å². The van der Waals surface area contributed by atoms with E-state index in [1.807, 2.05) is 17.0 Å². The molecule has 3 rings (SSSR count). The molecule has 196 valence electrons. The first-order valence-corrected chi connectivity index (χ1v) is 11.6. The highest BCUT2D eigenvalue weighted by Gasteiger charge is 2.19. The molecule has 35 heavy (non-hydrogen) atoms. The van der Waals surface area contributed by atoms with Gasteiger partial charge in [-0.2, -0.15) is 5.10 Å². The second kappa shape index (κ2) is 16.3. The van der Waals surface area contributed by atoms with E-state index < -0.39 is 11.9 Å². The number of hydrogen-bond donors (Lipinski definition) is 3. The van der Waals surface area contributed by atoms with E-state index in [4.69, 9.17) is 35.0 Å². The minimum Gasteiger partial charge on any atom is -0.481 e. The Hall–Kier alpha value is -3.41. The SMILES string of the molecule is CC(=O)O.CC(=O)O.COC(CCc1ccc2c(N)ncnn12)COC(=O)N1CCCCCCC1. The number of aliphatic carboxylic acids is 2. The van der Waals surface area contributed by atoms with Crippen molar-refractivity contribution in [3.63, 3.8) is 0 Å². The Morgan fingerprint density at radius 1 is 1.06 bits per heavy atom. The molecular weight excluding hydrogens is 458 g/mol. The number of carboxylic acids is 2. The zero-order chi connectivity index (χ0) is 26.2. The van der Waals surface area contributed by atoms with Crippen molar-refractivity contribution in [1.29, 1.82) is 0 Å². The molecule has 4 N–H and O–H groups in total. The number of nitrogen functional groups attached to an aromatic ring is 1. The molecule has 0 saturated carbocycles. The average Bonchev–Trinajstić information content (AvgIpc) is 3.17. The number of aryl methyl sites for hydroxylation is 1. The molecule has 0 aromatic carbocycles. The lowest BCUT2D eigenvalue weighted by Gasteiger charge is -2.25. The first-order chi connectivity index (χ1) is 16.6. The summed E-state index contributed by atoms with van der Waals surface area (Å²) in [4.78, 5) is 36.2. The number of likely N-dealkylation sites (tertiary alicyclic amines) is 1. The lowest BCUT2D eigenvalue weighted by molar-refractivity contribution is -0.135. The number of carbonyl (C=O) groups excluding carboxylic acids is 1. The van der Waals surface area contributed by atoms with Gasteiger partial charge in [-0.15, -0.1) is 0 Å². The third-order valence-corrected chi connectivity index (χ3v) is 5.12. The fourth-order valence-corrected chi connectivity index (χ4v) is 3.46. The molecular formula is C23H37N5O7. The van der Waals surface area contributed by atoms with E-state index in [0.29, 0.717) is 5.82 Å². The molecule has 0 radical (unpaired) electrons. The molecule has 0 spiro atoms. The molecule has 1 atom stereocenters. The first-order valence-electron chi connectivity index (χ1n) is 11.6. The first kappa shape index (κ1) is 29.6. The van der Waals surface area contributed by atoms with Gasteiger partial charge in [-0.3, -0.25) is 9.59 Å².